The highest BCUT2D eigenvalue weighted by atomic mass is 31.2. The highest BCUT2D eigenvalue weighted by Crippen LogP contribution is 2.65. The molecule has 0 bridgehead atoms. The van der Waals surface area contributed by atoms with E-state index in [1.54, 1.807) is 29.2 Å². The number of nitriles is 2. The first kappa shape index (κ1) is 35.0. The van der Waals surface area contributed by atoms with Crippen LogP contribution in [0, 0.1) is 34.0 Å². The summed E-state index contributed by atoms with van der Waals surface area (Å²) in [5.74, 6) is -3.82. The minimum atomic E-state index is -3.40. The Kier molecular flexibility index (Phi) is 9.18. The lowest BCUT2D eigenvalue weighted by molar-refractivity contribution is -0.146. The van der Waals surface area contributed by atoms with E-state index in [9.17, 15) is 15.3 Å². The van der Waals surface area contributed by atoms with Crippen molar-refractivity contribution < 1.29 is 23.9 Å². The molecule has 1 aliphatic carbocycles. The predicted molar refractivity (Wildman–Crippen MR) is 205 cm³/mol. The van der Waals surface area contributed by atoms with Gasteiger partial charge in [-0.25, -0.2) is 4.79 Å². The number of hydrogen-bond acceptors (Lipinski definition) is 7. The standard InChI is InChI=1S/C44H34N3O5P/c1-51-40(48)37-27-36(44(43(37,29-45)30-46)35-25-15-16-26-38(35)47(42(44)50)28-31-17-7-3-8-18-31)39(41(49)52-2)53(32-19-9-4-10-20-32,33-21-11-5-12-22-33)34-23-13-6-14-24-34/h3-27,37H,28H2,1-2H3. The molecule has 7 rings (SSSR count). The van der Waals surface area contributed by atoms with E-state index in [1.807, 2.05) is 121 Å². The molecule has 0 radical (unpaired) electrons. The van der Waals surface area contributed by atoms with Gasteiger partial charge in [0.1, 0.15) is 11.3 Å². The van der Waals surface area contributed by atoms with Gasteiger partial charge in [-0.05, 0) is 45.6 Å². The van der Waals surface area contributed by atoms with Gasteiger partial charge in [0, 0.05) is 5.69 Å². The summed E-state index contributed by atoms with van der Waals surface area (Å²) in [7, 11) is 2.44. The lowest BCUT2D eigenvalue weighted by atomic mass is 9.57. The fraction of sp³-hybridized carbons (Fsp3) is 0.136. The monoisotopic (exact) mass is 715 g/mol. The zero-order valence-electron chi connectivity index (χ0n) is 29.0. The van der Waals surface area contributed by atoms with Gasteiger partial charge >= 0.3 is 11.9 Å². The Morgan fingerprint density at radius 2 is 1.17 bits per heavy atom. The Hall–Kier alpha value is -6.47. The van der Waals surface area contributed by atoms with E-state index in [-0.39, 0.29) is 17.4 Å². The first-order valence-electron chi connectivity index (χ1n) is 17.0. The smallest absolute Gasteiger partial charge is 0.339 e. The number of amides is 1. The number of ether oxygens (including phenoxy) is 2. The van der Waals surface area contributed by atoms with Gasteiger partial charge in [0.05, 0.1) is 38.2 Å². The lowest BCUT2D eigenvalue weighted by Crippen LogP contribution is -2.55. The second kappa shape index (κ2) is 13.9. The quantitative estimate of drug-likeness (QED) is 0.152. The van der Waals surface area contributed by atoms with Crippen LogP contribution >= 0.6 is 6.89 Å². The van der Waals surface area contributed by atoms with Crippen LogP contribution in [0.15, 0.2) is 157 Å². The molecule has 0 fully saturated rings. The Morgan fingerprint density at radius 1 is 0.698 bits per heavy atom. The van der Waals surface area contributed by atoms with Crippen LogP contribution in [0.25, 0.3) is 0 Å². The molecule has 1 spiro atoms. The van der Waals surface area contributed by atoms with Crippen LogP contribution in [0.2, 0.25) is 0 Å². The summed E-state index contributed by atoms with van der Waals surface area (Å²) in [6.45, 7) is -3.30. The molecule has 1 amide bonds. The Balaban J connectivity index is 1.74. The van der Waals surface area contributed by atoms with E-state index in [1.165, 1.54) is 20.3 Å². The number of esters is 2. The third kappa shape index (κ3) is 4.99. The van der Waals surface area contributed by atoms with E-state index in [0.717, 1.165) is 21.5 Å². The van der Waals surface area contributed by atoms with Crippen molar-refractivity contribution in [3.63, 3.8) is 0 Å². The van der Waals surface area contributed by atoms with Crippen LogP contribution < -0.4 is 20.8 Å². The highest BCUT2D eigenvalue weighted by Gasteiger charge is 2.74. The first-order chi connectivity index (χ1) is 25.9. The molecule has 53 heavy (non-hydrogen) atoms. The third-order valence-electron chi connectivity index (χ3n) is 10.4. The molecule has 2 atom stereocenters. The zero-order chi connectivity index (χ0) is 37.2. The minimum absolute atomic E-state index is 0.0701. The average Bonchev–Trinajstić information content (AvgIpc) is 3.66. The summed E-state index contributed by atoms with van der Waals surface area (Å²) in [6, 6.07) is 49.2. The fourth-order valence-corrected chi connectivity index (χ4v) is 12.6. The second-order valence-electron chi connectivity index (χ2n) is 12.8. The van der Waals surface area contributed by atoms with Gasteiger partial charge < -0.3 is 14.4 Å². The van der Waals surface area contributed by atoms with E-state index < -0.39 is 41.5 Å². The van der Waals surface area contributed by atoms with Crippen LogP contribution in [-0.4, -0.2) is 37.4 Å². The number of methoxy groups -OCH3 is 2. The maximum Gasteiger partial charge on any atom is 0.339 e. The molecular weight excluding hydrogens is 681 g/mol. The van der Waals surface area contributed by atoms with E-state index in [4.69, 9.17) is 9.47 Å². The molecule has 9 heteroatoms. The number of benzene rings is 5. The van der Waals surface area contributed by atoms with Crippen LogP contribution in [0.4, 0.5) is 5.69 Å². The Morgan fingerprint density at radius 3 is 1.64 bits per heavy atom. The number of para-hydroxylation sites is 1. The summed E-state index contributed by atoms with van der Waals surface area (Å²) in [6.07, 6.45) is 1.45. The van der Waals surface area contributed by atoms with Gasteiger partial charge in [0.2, 0.25) is 5.91 Å². The predicted octanol–water partition coefficient (Wildman–Crippen LogP) is 5.57. The number of anilines is 1. The number of hydrogen-bond donors (Lipinski definition) is 0. The summed E-state index contributed by atoms with van der Waals surface area (Å²) in [5, 5.41) is 25.0. The van der Waals surface area contributed by atoms with Crippen LogP contribution in [0.1, 0.15) is 11.1 Å². The Bertz CT molecular complexity index is 2280. The van der Waals surface area contributed by atoms with Crippen LogP contribution in [-0.2, 0) is 35.8 Å². The van der Waals surface area contributed by atoms with E-state index in [0.29, 0.717) is 11.3 Å². The maximum absolute atomic E-state index is 15.8. The van der Waals surface area contributed by atoms with Gasteiger partial charge in [-0.1, -0.05) is 146 Å². The van der Waals surface area contributed by atoms with Crippen molar-refractivity contribution >= 4 is 51.6 Å². The molecule has 2 unspecified atom stereocenters. The fourth-order valence-electron chi connectivity index (χ4n) is 8.15. The third-order valence-corrected chi connectivity index (χ3v) is 14.7. The highest BCUT2D eigenvalue weighted by molar-refractivity contribution is 7.96. The Labute approximate surface area is 308 Å². The molecule has 1 heterocycles. The molecule has 8 nitrogen and oxygen atoms in total. The molecule has 5 aromatic rings. The lowest BCUT2D eigenvalue weighted by Gasteiger charge is -2.40. The molecule has 0 saturated carbocycles. The van der Waals surface area contributed by atoms with Gasteiger partial charge in [-0.3, -0.25) is 9.59 Å². The van der Waals surface area contributed by atoms with Crippen molar-refractivity contribution in [2.75, 3.05) is 19.1 Å². The van der Waals surface area contributed by atoms with Gasteiger partial charge in [0.25, 0.3) is 0 Å². The number of carbonyl (C=O) groups excluding carboxylic acids is 3. The molecule has 260 valence electrons. The number of rotatable bonds is 8. The molecule has 0 saturated heterocycles. The number of fused-ring (bicyclic) bond motifs is 2. The number of carbonyl (C=O) groups is 3. The minimum Gasteiger partial charge on any atom is -0.468 e. The summed E-state index contributed by atoms with van der Waals surface area (Å²) in [5.41, 5.74) is -2.89. The molecule has 5 aromatic carbocycles. The normalized spacial score (nSPS) is 18.3. The molecule has 1 aliphatic heterocycles. The number of nitrogens with zero attached hydrogens (tertiary/aromatic N) is 3. The van der Waals surface area contributed by atoms with Gasteiger partial charge in [-0.15, -0.1) is 0 Å². The average molecular weight is 716 g/mol. The van der Waals surface area contributed by atoms with Crippen molar-refractivity contribution in [3.05, 3.63) is 168 Å². The molecule has 0 N–H and O–H groups in total. The first-order valence-corrected chi connectivity index (χ1v) is 18.8. The SMILES string of the molecule is COC(=O)C(C1=CC(C(=O)OC)C(C#N)(C#N)C12C(=O)N(Cc1ccccc1)c1ccccc12)=P(c1ccccc1)(c1ccccc1)c1ccccc1. The maximum atomic E-state index is 15.8. The second-order valence-corrected chi connectivity index (χ2v) is 16.1. The van der Waals surface area contributed by atoms with Crippen molar-refractivity contribution in [3.8, 4) is 12.1 Å². The summed E-state index contributed by atoms with van der Waals surface area (Å²) in [4.78, 5) is 46.4. The zero-order valence-corrected chi connectivity index (χ0v) is 29.9. The molecule has 0 aromatic heterocycles. The van der Waals surface area contributed by atoms with Crippen molar-refractivity contribution in [2.45, 2.75) is 12.0 Å². The summed E-state index contributed by atoms with van der Waals surface area (Å²) >= 11 is 0. The van der Waals surface area contributed by atoms with Crippen molar-refractivity contribution in [1.29, 1.82) is 10.5 Å². The molecule has 2 aliphatic rings. The van der Waals surface area contributed by atoms with E-state index >= 15 is 9.59 Å². The van der Waals surface area contributed by atoms with Gasteiger partial charge in [0.15, 0.2) is 5.41 Å². The van der Waals surface area contributed by atoms with Crippen LogP contribution in [0.5, 0.6) is 0 Å². The van der Waals surface area contributed by atoms with Crippen molar-refractivity contribution in [2.24, 2.45) is 11.3 Å². The van der Waals surface area contributed by atoms with Crippen molar-refractivity contribution in [1.82, 2.24) is 0 Å². The summed E-state index contributed by atoms with van der Waals surface area (Å²) < 4.78 is 11.0. The topological polar surface area (TPSA) is 120 Å². The van der Waals surface area contributed by atoms with E-state index in [2.05, 4.69) is 12.1 Å². The van der Waals surface area contributed by atoms with Crippen LogP contribution in [0.3, 0.4) is 0 Å². The molecular formula is C44H34N3O5P. The van der Waals surface area contributed by atoms with Gasteiger partial charge in [-0.2, -0.15) is 10.5 Å². The largest absolute Gasteiger partial charge is 0.468 e.